The van der Waals surface area contributed by atoms with E-state index in [2.05, 4.69) is 47.2 Å². The van der Waals surface area contributed by atoms with E-state index in [9.17, 15) is 0 Å². The molecule has 0 aliphatic rings. The first kappa shape index (κ1) is 15.9. The average Bonchev–Trinajstić information content (AvgIpc) is 2.39. The lowest BCUT2D eigenvalue weighted by atomic mass is 10.2. The Morgan fingerprint density at radius 1 is 1.33 bits per heavy atom. The van der Waals surface area contributed by atoms with Crippen molar-refractivity contribution in [2.24, 2.45) is 0 Å². The van der Waals surface area contributed by atoms with Gasteiger partial charge in [-0.05, 0) is 48.2 Å². The monoisotopic (exact) mass is 331 g/mol. The van der Waals surface area contributed by atoms with Gasteiger partial charge < -0.3 is 10.1 Å². The lowest BCUT2D eigenvalue weighted by molar-refractivity contribution is 0.318. The summed E-state index contributed by atoms with van der Waals surface area (Å²) >= 11 is 5.53. The van der Waals surface area contributed by atoms with Gasteiger partial charge in [0.1, 0.15) is 5.75 Å². The molecule has 102 valence electrons. The van der Waals surface area contributed by atoms with Gasteiger partial charge in [0, 0.05) is 11.0 Å². The fourth-order valence-corrected chi connectivity index (χ4v) is 2.53. The third-order valence-electron chi connectivity index (χ3n) is 2.49. The molecule has 4 heteroatoms. The number of rotatable bonds is 9. The smallest absolute Gasteiger partial charge is 0.119 e. The number of ether oxygens (including phenoxy) is 1. The summed E-state index contributed by atoms with van der Waals surface area (Å²) < 4.78 is 6.90. The fourth-order valence-electron chi connectivity index (χ4n) is 1.53. The van der Waals surface area contributed by atoms with Crippen LogP contribution in [0.4, 0.5) is 0 Å². The SMILES string of the molecule is CCNCc1cc(OCCCSCC)ccc1Br. The molecule has 0 spiro atoms. The highest BCUT2D eigenvalue weighted by atomic mass is 79.9. The quantitative estimate of drug-likeness (QED) is 0.689. The van der Waals surface area contributed by atoms with Gasteiger partial charge in [-0.2, -0.15) is 11.8 Å². The van der Waals surface area contributed by atoms with E-state index in [4.69, 9.17) is 4.74 Å². The third kappa shape index (κ3) is 6.12. The molecule has 0 heterocycles. The van der Waals surface area contributed by atoms with Gasteiger partial charge in [0.05, 0.1) is 6.61 Å². The van der Waals surface area contributed by atoms with E-state index in [1.807, 2.05) is 17.8 Å². The molecule has 0 saturated heterocycles. The van der Waals surface area contributed by atoms with Crippen LogP contribution in [0.5, 0.6) is 5.75 Å². The van der Waals surface area contributed by atoms with Gasteiger partial charge in [-0.3, -0.25) is 0 Å². The third-order valence-corrected chi connectivity index (χ3v) is 4.25. The highest BCUT2D eigenvalue weighted by Crippen LogP contribution is 2.22. The summed E-state index contributed by atoms with van der Waals surface area (Å²) in [6, 6.07) is 6.19. The summed E-state index contributed by atoms with van der Waals surface area (Å²) in [5.74, 6) is 3.33. The molecule has 0 aromatic heterocycles. The Balaban J connectivity index is 2.40. The van der Waals surface area contributed by atoms with Crippen LogP contribution in [0.3, 0.4) is 0 Å². The molecule has 1 N–H and O–H groups in total. The maximum absolute atomic E-state index is 5.77. The lowest BCUT2D eigenvalue weighted by Crippen LogP contribution is -2.12. The van der Waals surface area contributed by atoms with E-state index >= 15 is 0 Å². The summed E-state index contributed by atoms with van der Waals surface area (Å²) in [5.41, 5.74) is 1.25. The number of nitrogens with one attached hydrogen (secondary N) is 1. The van der Waals surface area contributed by atoms with Crippen LogP contribution >= 0.6 is 27.7 Å². The van der Waals surface area contributed by atoms with Crippen molar-refractivity contribution in [2.75, 3.05) is 24.7 Å². The van der Waals surface area contributed by atoms with Gasteiger partial charge in [-0.25, -0.2) is 0 Å². The van der Waals surface area contributed by atoms with Gasteiger partial charge in [0.25, 0.3) is 0 Å². The highest BCUT2D eigenvalue weighted by Gasteiger charge is 2.02. The van der Waals surface area contributed by atoms with Crippen molar-refractivity contribution in [3.8, 4) is 5.75 Å². The van der Waals surface area contributed by atoms with Crippen LogP contribution < -0.4 is 10.1 Å². The molecule has 2 nitrogen and oxygen atoms in total. The van der Waals surface area contributed by atoms with Crippen molar-refractivity contribution >= 4 is 27.7 Å². The Labute approximate surface area is 123 Å². The van der Waals surface area contributed by atoms with E-state index in [0.29, 0.717) is 0 Å². The Bertz CT molecular complexity index is 347. The molecule has 0 fully saturated rings. The summed E-state index contributed by atoms with van der Waals surface area (Å²) in [7, 11) is 0. The molecular weight excluding hydrogens is 310 g/mol. The molecule has 0 aliphatic carbocycles. The summed E-state index contributed by atoms with van der Waals surface area (Å²) in [5, 5.41) is 3.33. The zero-order chi connectivity index (χ0) is 13.2. The number of halogens is 1. The van der Waals surface area contributed by atoms with Crippen LogP contribution in [0, 0.1) is 0 Å². The van der Waals surface area contributed by atoms with E-state index in [1.54, 1.807) is 0 Å². The van der Waals surface area contributed by atoms with Crippen LogP contribution in [0.2, 0.25) is 0 Å². The Kier molecular flexibility index (Phi) is 8.55. The normalized spacial score (nSPS) is 10.6. The molecule has 1 rings (SSSR count). The van der Waals surface area contributed by atoms with E-state index in [-0.39, 0.29) is 0 Å². The predicted molar refractivity (Wildman–Crippen MR) is 84.6 cm³/mol. The van der Waals surface area contributed by atoms with Gasteiger partial charge in [0.2, 0.25) is 0 Å². The maximum Gasteiger partial charge on any atom is 0.119 e. The van der Waals surface area contributed by atoms with E-state index < -0.39 is 0 Å². The van der Waals surface area contributed by atoms with Crippen molar-refractivity contribution in [1.29, 1.82) is 0 Å². The van der Waals surface area contributed by atoms with Crippen molar-refractivity contribution in [3.63, 3.8) is 0 Å². The number of thioether (sulfide) groups is 1. The predicted octanol–water partition coefficient (Wildman–Crippen LogP) is 4.08. The van der Waals surface area contributed by atoms with Crippen molar-refractivity contribution < 1.29 is 4.74 Å². The lowest BCUT2D eigenvalue weighted by Gasteiger charge is -2.10. The zero-order valence-electron chi connectivity index (χ0n) is 11.2. The minimum atomic E-state index is 0.801. The standard InChI is InChI=1S/C14H22BrNOS/c1-3-16-11-12-10-13(6-7-14(12)15)17-8-5-9-18-4-2/h6-7,10,16H,3-5,8-9,11H2,1-2H3. The molecule has 0 aliphatic heterocycles. The first-order valence-electron chi connectivity index (χ1n) is 6.47. The second kappa shape index (κ2) is 9.70. The number of hydrogen-bond donors (Lipinski definition) is 1. The molecule has 0 bridgehead atoms. The summed E-state index contributed by atoms with van der Waals surface area (Å²) in [6.45, 7) is 6.95. The molecule has 18 heavy (non-hydrogen) atoms. The van der Waals surface area contributed by atoms with E-state index in [1.165, 1.54) is 17.1 Å². The largest absolute Gasteiger partial charge is 0.494 e. The zero-order valence-corrected chi connectivity index (χ0v) is 13.6. The number of hydrogen-bond acceptors (Lipinski definition) is 3. The van der Waals surface area contributed by atoms with E-state index in [0.717, 1.165) is 36.3 Å². The molecule has 1 aromatic carbocycles. The second-order valence-electron chi connectivity index (χ2n) is 3.93. The first-order chi connectivity index (χ1) is 8.77. The topological polar surface area (TPSA) is 21.3 Å². The van der Waals surface area contributed by atoms with Crippen LogP contribution in [-0.4, -0.2) is 24.7 Å². The summed E-state index contributed by atoms with van der Waals surface area (Å²) in [4.78, 5) is 0. The molecule has 0 amide bonds. The van der Waals surface area contributed by atoms with Crippen LogP contribution in [0.1, 0.15) is 25.8 Å². The summed E-state index contributed by atoms with van der Waals surface area (Å²) in [6.07, 6.45) is 1.11. The van der Waals surface area contributed by atoms with Crippen molar-refractivity contribution in [1.82, 2.24) is 5.32 Å². The fraction of sp³-hybridized carbons (Fsp3) is 0.571. The first-order valence-corrected chi connectivity index (χ1v) is 8.42. The van der Waals surface area contributed by atoms with Crippen LogP contribution in [-0.2, 0) is 6.54 Å². The van der Waals surface area contributed by atoms with Crippen LogP contribution in [0.15, 0.2) is 22.7 Å². The van der Waals surface area contributed by atoms with Crippen LogP contribution in [0.25, 0.3) is 0 Å². The molecule has 0 unspecified atom stereocenters. The molecule has 1 aromatic rings. The highest BCUT2D eigenvalue weighted by molar-refractivity contribution is 9.10. The molecular formula is C14H22BrNOS. The van der Waals surface area contributed by atoms with Crippen molar-refractivity contribution in [2.45, 2.75) is 26.8 Å². The second-order valence-corrected chi connectivity index (χ2v) is 6.18. The molecule has 0 saturated carbocycles. The van der Waals surface area contributed by atoms with Gasteiger partial charge >= 0.3 is 0 Å². The maximum atomic E-state index is 5.77. The molecule has 0 radical (unpaired) electrons. The minimum Gasteiger partial charge on any atom is -0.494 e. The van der Waals surface area contributed by atoms with Gasteiger partial charge in [0.15, 0.2) is 0 Å². The minimum absolute atomic E-state index is 0.801. The van der Waals surface area contributed by atoms with Gasteiger partial charge in [-0.1, -0.05) is 29.8 Å². The Morgan fingerprint density at radius 3 is 2.89 bits per heavy atom. The van der Waals surface area contributed by atoms with Gasteiger partial charge in [-0.15, -0.1) is 0 Å². The Hall–Kier alpha value is -0.190. The molecule has 0 atom stereocenters. The number of benzene rings is 1. The van der Waals surface area contributed by atoms with Crippen molar-refractivity contribution in [3.05, 3.63) is 28.2 Å². The Morgan fingerprint density at radius 2 is 2.17 bits per heavy atom. The average molecular weight is 332 g/mol.